The van der Waals surface area contributed by atoms with Gasteiger partial charge in [0.1, 0.15) is 4.32 Å². The Morgan fingerprint density at radius 2 is 1.48 bits per heavy atom. The number of amides is 1. The molecular weight excluding hydrogens is 492 g/mol. The van der Waals surface area contributed by atoms with Crippen molar-refractivity contribution >= 4 is 92.4 Å². The highest BCUT2D eigenvalue weighted by Crippen LogP contribution is 2.33. The van der Waals surface area contributed by atoms with Gasteiger partial charge in [-0.15, -0.1) is 46.4 Å². The second-order valence-electron chi connectivity index (χ2n) is 6.20. The maximum absolute atomic E-state index is 12.8. The van der Waals surface area contributed by atoms with Crippen molar-refractivity contribution in [1.82, 2.24) is 9.80 Å². The maximum Gasteiger partial charge on any atom is 0.267 e. The highest BCUT2D eigenvalue weighted by Gasteiger charge is 2.33. The van der Waals surface area contributed by atoms with Crippen molar-refractivity contribution in [3.63, 3.8) is 0 Å². The number of carbonyl (C=O) groups excluding carboxylic acids is 1. The van der Waals surface area contributed by atoms with Crippen LogP contribution in [0.1, 0.15) is 5.56 Å². The second-order valence-corrected chi connectivity index (χ2v) is 9.39. The quantitative estimate of drug-likeness (QED) is 0.224. The summed E-state index contributed by atoms with van der Waals surface area (Å²) in [5, 5.41) is 0. The van der Waals surface area contributed by atoms with Gasteiger partial charge in [-0.05, 0) is 23.8 Å². The molecule has 0 spiro atoms. The molecule has 29 heavy (non-hydrogen) atoms. The zero-order valence-corrected chi connectivity index (χ0v) is 20.5. The van der Waals surface area contributed by atoms with Crippen LogP contribution in [0, 0.1) is 0 Å². The number of alkyl halides is 4. The van der Waals surface area contributed by atoms with Crippen LogP contribution >= 0.6 is 70.4 Å². The monoisotopic (exact) mass is 513 g/mol. The third-order valence-electron chi connectivity index (χ3n) is 4.28. The smallest absolute Gasteiger partial charge is 0.267 e. The molecule has 0 bridgehead atoms. The molecule has 1 saturated heterocycles. The summed E-state index contributed by atoms with van der Waals surface area (Å²) >= 11 is 30.2. The Morgan fingerprint density at radius 1 is 0.931 bits per heavy atom. The van der Waals surface area contributed by atoms with Crippen LogP contribution < -0.4 is 4.90 Å². The fraction of sp³-hybridized carbons (Fsp3) is 0.474. The van der Waals surface area contributed by atoms with Gasteiger partial charge in [-0.25, -0.2) is 0 Å². The van der Waals surface area contributed by atoms with Gasteiger partial charge in [-0.2, -0.15) is 0 Å². The molecule has 1 aliphatic heterocycles. The lowest BCUT2D eigenvalue weighted by atomic mass is 10.1. The third kappa shape index (κ3) is 7.46. The van der Waals surface area contributed by atoms with E-state index in [0.717, 1.165) is 24.3 Å². The summed E-state index contributed by atoms with van der Waals surface area (Å²) in [7, 11) is 0. The first-order valence-corrected chi connectivity index (χ1v) is 12.5. The number of carbonyl (C=O) groups is 1. The van der Waals surface area contributed by atoms with Crippen molar-refractivity contribution in [2.75, 3.05) is 61.3 Å². The average molecular weight is 515 g/mol. The van der Waals surface area contributed by atoms with Crippen LogP contribution in [0.5, 0.6) is 0 Å². The van der Waals surface area contributed by atoms with Crippen molar-refractivity contribution in [3.8, 4) is 0 Å². The molecular formula is C19H23Cl4N3OS2. The first-order valence-electron chi connectivity index (χ1n) is 9.10. The van der Waals surface area contributed by atoms with Gasteiger partial charge >= 0.3 is 0 Å². The van der Waals surface area contributed by atoms with E-state index in [2.05, 4.69) is 4.90 Å². The third-order valence-corrected chi connectivity index (χ3v) is 6.34. The number of thioether (sulfide) groups is 1. The maximum atomic E-state index is 12.8. The van der Waals surface area contributed by atoms with Crippen LogP contribution in [-0.4, -0.2) is 76.4 Å². The highest BCUT2D eigenvalue weighted by molar-refractivity contribution is 8.26. The molecule has 1 aromatic carbocycles. The predicted octanol–water partition coefficient (Wildman–Crippen LogP) is 4.91. The largest absolute Gasteiger partial charge is 0.369 e. The summed E-state index contributed by atoms with van der Waals surface area (Å²) in [5.41, 5.74) is 1.98. The van der Waals surface area contributed by atoms with Gasteiger partial charge in [0.25, 0.3) is 5.91 Å². The lowest BCUT2D eigenvalue weighted by Crippen LogP contribution is -2.42. The SMILES string of the molecule is O=C1/C(=C/c2ccc(N(CCCl)CCCl)cc2)SC(=S)N1CN(CCCl)CCCl. The molecule has 1 aliphatic rings. The lowest BCUT2D eigenvalue weighted by Gasteiger charge is -2.25. The molecule has 0 N–H and O–H groups in total. The van der Waals surface area contributed by atoms with Crippen LogP contribution in [0.3, 0.4) is 0 Å². The molecule has 0 radical (unpaired) electrons. The molecule has 10 heteroatoms. The van der Waals surface area contributed by atoms with Gasteiger partial charge in [-0.1, -0.05) is 36.1 Å². The Morgan fingerprint density at radius 3 is 2.00 bits per heavy atom. The summed E-state index contributed by atoms with van der Waals surface area (Å²) < 4.78 is 0.544. The fourth-order valence-corrected chi connectivity index (χ4v) is 4.95. The second kappa shape index (κ2) is 13.3. The van der Waals surface area contributed by atoms with Crippen LogP contribution in [0.2, 0.25) is 0 Å². The number of anilines is 1. The Bertz CT molecular complexity index is 706. The van der Waals surface area contributed by atoms with Gasteiger partial charge in [0.2, 0.25) is 0 Å². The van der Waals surface area contributed by atoms with Crippen LogP contribution in [0.15, 0.2) is 29.2 Å². The van der Waals surface area contributed by atoms with Crippen LogP contribution in [0.25, 0.3) is 6.08 Å². The van der Waals surface area contributed by atoms with Crippen molar-refractivity contribution < 1.29 is 4.79 Å². The first kappa shape index (κ1) is 25.1. The zero-order chi connectivity index (χ0) is 21.2. The molecule has 0 atom stereocenters. The molecule has 2 rings (SSSR count). The van der Waals surface area contributed by atoms with E-state index in [1.165, 1.54) is 11.8 Å². The van der Waals surface area contributed by atoms with Crippen molar-refractivity contribution in [1.29, 1.82) is 0 Å². The minimum atomic E-state index is -0.0934. The van der Waals surface area contributed by atoms with Gasteiger partial charge < -0.3 is 4.90 Å². The summed E-state index contributed by atoms with van der Waals surface area (Å²) in [6.07, 6.45) is 1.87. The topological polar surface area (TPSA) is 26.8 Å². The Labute approximate surface area is 202 Å². The normalized spacial score (nSPS) is 15.8. The molecule has 4 nitrogen and oxygen atoms in total. The molecule has 160 valence electrons. The van der Waals surface area contributed by atoms with Gasteiger partial charge in [0.05, 0.1) is 11.6 Å². The van der Waals surface area contributed by atoms with E-state index in [4.69, 9.17) is 58.6 Å². The molecule has 0 unspecified atom stereocenters. The van der Waals surface area contributed by atoms with E-state index in [1.54, 1.807) is 4.90 Å². The molecule has 1 aromatic rings. The highest BCUT2D eigenvalue weighted by atomic mass is 35.5. The summed E-state index contributed by atoms with van der Waals surface area (Å²) in [5.74, 6) is 1.91. The number of nitrogens with zero attached hydrogens (tertiary/aromatic N) is 3. The van der Waals surface area contributed by atoms with E-state index in [-0.39, 0.29) is 5.91 Å². The number of rotatable bonds is 12. The van der Waals surface area contributed by atoms with Crippen LogP contribution in [-0.2, 0) is 4.79 Å². The van der Waals surface area contributed by atoms with E-state index >= 15 is 0 Å². The zero-order valence-electron chi connectivity index (χ0n) is 15.8. The summed E-state index contributed by atoms with van der Waals surface area (Å²) in [6, 6.07) is 7.97. The number of hydrogen-bond acceptors (Lipinski definition) is 5. The molecule has 1 amide bonds. The summed E-state index contributed by atoms with van der Waals surface area (Å²) in [6.45, 7) is 3.15. The number of thiocarbonyl (C=S) groups is 1. The molecule has 0 aliphatic carbocycles. The molecule has 1 heterocycles. The Balaban J connectivity index is 2.10. The summed E-state index contributed by atoms with van der Waals surface area (Å²) in [4.78, 5) is 19.2. The Hall–Kier alpha value is -0.210. The van der Waals surface area contributed by atoms with Crippen molar-refractivity contribution in [2.24, 2.45) is 0 Å². The number of benzene rings is 1. The van der Waals surface area contributed by atoms with Crippen LogP contribution in [0.4, 0.5) is 5.69 Å². The first-order chi connectivity index (χ1) is 14.0. The van der Waals surface area contributed by atoms with E-state index < -0.39 is 0 Å². The number of hydrogen-bond donors (Lipinski definition) is 0. The van der Waals surface area contributed by atoms with E-state index in [1.807, 2.05) is 35.2 Å². The lowest BCUT2D eigenvalue weighted by molar-refractivity contribution is -0.123. The standard InChI is InChI=1S/C19H23Cl4N3OS2/c20-5-9-24(10-6-21)14-26-18(27)17(29-19(26)28)13-15-1-3-16(4-2-15)25(11-7-22)12-8-23/h1-4,13H,5-12,14H2/b17-13-. The molecule has 0 saturated carbocycles. The van der Waals surface area contributed by atoms with Crippen molar-refractivity contribution in [3.05, 3.63) is 34.7 Å². The van der Waals surface area contributed by atoms with E-state index in [9.17, 15) is 4.79 Å². The minimum absolute atomic E-state index is 0.0934. The Kier molecular flexibility index (Phi) is 11.5. The van der Waals surface area contributed by atoms with Gasteiger partial charge in [-0.3, -0.25) is 14.6 Å². The van der Waals surface area contributed by atoms with Crippen molar-refractivity contribution in [2.45, 2.75) is 0 Å². The molecule has 1 fully saturated rings. The van der Waals surface area contributed by atoms with Gasteiger partial charge in [0.15, 0.2) is 0 Å². The average Bonchev–Trinajstić information content (AvgIpc) is 2.96. The van der Waals surface area contributed by atoms with E-state index in [0.29, 0.717) is 52.5 Å². The van der Waals surface area contributed by atoms with Gasteiger partial charge in [0, 0.05) is 55.4 Å². The predicted molar refractivity (Wildman–Crippen MR) is 133 cm³/mol. The number of halogens is 4. The molecule has 0 aromatic heterocycles. The minimum Gasteiger partial charge on any atom is -0.369 e. The fourth-order valence-electron chi connectivity index (χ4n) is 2.82.